The number of amides is 1. The number of nitrogens with zero attached hydrogens (tertiary/aromatic N) is 2. The zero-order chi connectivity index (χ0) is 21.0. The molecule has 8 heteroatoms. The summed E-state index contributed by atoms with van der Waals surface area (Å²) in [5.41, 5.74) is 1.45. The van der Waals surface area contributed by atoms with Crippen molar-refractivity contribution in [1.82, 2.24) is 9.78 Å². The molecule has 1 atom stereocenters. The van der Waals surface area contributed by atoms with E-state index >= 15 is 0 Å². The van der Waals surface area contributed by atoms with Crippen molar-refractivity contribution < 1.29 is 18.7 Å². The van der Waals surface area contributed by atoms with E-state index in [1.165, 1.54) is 29.8 Å². The van der Waals surface area contributed by atoms with Crippen LogP contribution in [0.25, 0.3) is 0 Å². The number of hydrogen-bond donors (Lipinski definition) is 1. The molecule has 0 saturated carbocycles. The number of aromatic nitrogens is 2. The van der Waals surface area contributed by atoms with Gasteiger partial charge >= 0.3 is 5.97 Å². The molecule has 0 fully saturated rings. The lowest BCUT2D eigenvalue weighted by Gasteiger charge is -2.14. The maximum absolute atomic E-state index is 13.7. The minimum absolute atomic E-state index is 0.00490. The number of rotatable bonds is 6. The van der Waals surface area contributed by atoms with E-state index in [0.29, 0.717) is 12.2 Å². The number of esters is 1. The van der Waals surface area contributed by atoms with E-state index in [4.69, 9.17) is 16.3 Å². The molecular formula is C21H19ClFN3O3. The van der Waals surface area contributed by atoms with Crippen molar-refractivity contribution in [2.45, 2.75) is 26.5 Å². The molecule has 1 heterocycles. The van der Waals surface area contributed by atoms with Crippen LogP contribution in [0, 0.1) is 12.7 Å². The van der Waals surface area contributed by atoms with Crippen LogP contribution in [-0.2, 0) is 16.1 Å². The Morgan fingerprint density at radius 2 is 1.83 bits per heavy atom. The topological polar surface area (TPSA) is 73.2 Å². The van der Waals surface area contributed by atoms with Crippen LogP contribution in [0.5, 0.6) is 0 Å². The van der Waals surface area contributed by atoms with E-state index in [9.17, 15) is 14.0 Å². The molecular weight excluding hydrogens is 397 g/mol. The molecule has 1 amide bonds. The number of para-hydroxylation sites is 1. The summed E-state index contributed by atoms with van der Waals surface area (Å²) in [6.07, 6.45) is -1.16. The summed E-state index contributed by atoms with van der Waals surface area (Å²) in [7, 11) is 0. The average molecular weight is 416 g/mol. The zero-order valence-electron chi connectivity index (χ0n) is 15.9. The Balaban J connectivity index is 1.70. The predicted octanol–water partition coefficient (Wildman–Crippen LogP) is 4.22. The van der Waals surface area contributed by atoms with Gasteiger partial charge in [0.15, 0.2) is 6.10 Å². The number of hydrogen-bond acceptors (Lipinski definition) is 4. The van der Waals surface area contributed by atoms with E-state index in [1.54, 1.807) is 13.0 Å². The van der Waals surface area contributed by atoms with Crippen molar-refractivity contribution in [2.24, 2.45) is 0 Å². The second kappa shape index (κ2) is 8.87. The fourth-order valence-corrected chi connectivity index (χ4v) is 3.03. The lowest BCUT2D eigenvalue weighted by atomic mass is 10.2. The SMILES string of the molecule is Cc1nn(Cc2ccccc2)c(Cl)c1C(=O)OC(C)C(=O)Nc1ccccc1F. The number of aryl methyl sites for hydroxylation is 1. The molecule has 0 aliphatic rings. The Morgan fingerprint density at radius 1 is 1.17 bits per heavy atom. The van der Waals surface area contributed by atoms with Crippen LogP contribution < -0.4 is 5.32 Å². The first-order chi connectivity index (χ1) is 13.9. The fourth-order valence-electron chi connectivity index (χ4n) is 2.72. The molecule has 1 aromatic heterocycles. The molecule has 0 aliphatic heterocycles. The van der Waals surface area contributed by atoms with Crippen LogP contribution >= 0.6 is 11.6 Å². The average Bonchev–Trinajstić information content (AvgIpc) is 2.97. The second-order valence-electron chi connectivity index (χ2n) is 6.41. The Hall–Kier alpha value is -3.19. The molecule has 29 heavy (non-hydrogen) atoms. The smallest absolute Gasteiger partial charge is 0.343 e. The van der Waals surface area contributed by atoms with Crippen LogP contribution in [0.3, 0.4) is 0 Å². The van der Waals surface area contributed by atoms with Gasteiger partial charge in [0, 0.05) is 0 Å². The van der Waals surface area contributed by atoms with Gasteiger partial charge in [-0.2, -0.15) is 5.10 Å². The first-order valence-electron chi connectivity index (χ1n) is 8.90. The maximum atomic E-state index is 13.7. The van der Waals surface area contributed by atoms with Gasteiger partial charge in [-0.3, -0.25) is 4.79 Å². The normalized spacial score (nSPS) is 11.7. The van der Waals surface area contributed by atoms with E-state index in [0.717, 1.165) is 5.56 Å². The standard InChI is InChI=1S/C21H19ClFN3O3/c1-13-18(19(22)26(25-13)12-15-8-4-3-5-9-15)21(28)29-14(2)20(27)24-17-11-7-6-10-16(17)23/h3-11,14H,12H2,1-2H3,(H,24,27). The number of nitrogens with one attached hydrogen (secondary N) is 1. The highest BCUT2D eigenvalue weighted by Gasteiger charge is 2.26. The highest BCUT2D eigenvalue weighted by molar-refractivity contribution is 6.32. The molecule has 1 unspecified atom stereocenters. The van der Waals surface area contributed by atoms with Crippen molar-refractivity contribution in [3.63, 3.8) is 0 Å². The van der Waals surface area contributed by atoms with Crippen molar-refractivity contribution in [3.05, 3.63) is 82.4 Å². The van der Waals surface area contributed by atoms with Gasteiger partial charge < -0.3 is 10.1 Å². The van der Waals surface area contributed by atoms with Gasteiger partial charge in [0.2, 0.25) is 0 Å². The monoisotopic (exact) mass is 415 g/mol. The van der Waals surface area contributed by atoms with Gasteiger partial charge in [-0.1, -0.05) is 54.1 Å². The van der Waals surface area contributed by atoms with Crippen LogP contribution in [0.1, 0.15) is 28.5 Å². The lowest BCUT2D eigenvalue weighted by molar-refractivity contribution is -0.123. The molecule has 0 spiro atoms. The Morgan fingerprint density at radius 3 is 2.52 bits per heavy atom. The largest absolute Gasteiger partial charge is 0.449 e. The number of benzene rings is 2. The quantitative estimate of drug-likeness (QED) is 0.612. The van der Waals surface area contributed by atoms with E-state index in [2.05, 4.69) is 10.4 Å². The summed E-state index contributed by atoms with van der Waals surface area (Å²) < 4.78 is 20.4. The number of carbonyl (C=O) groups excluding carboxylic acids is 2. The predicted molar refractivity (Wildman–Crippen MR) is 107 cm³/mol. The van der Waals surface area contributed by atoms with Gasteiger partial charge in [0.1, 0.15) is 16.5 Å². The summed E-state index contributed by atoms with van der Waals surface area (Å²) >= 11 is 6.34. The van der Waals surface area contributed by atoms with Crippen molar-refractivity contribution in [2.75, 3.05) is 5.32 Å². The molecule has 150 valence electrons. The maximum Gasteiger partial charge on any atom is 0.343 e. The molecule has 3 aromatic rings. The van der Waals surface area contributed by atoms with Crippen LogP contribution in [0.2, 0.25) is 5.15 Å². The third kappa shape index (κ3) is 4.81. The van der Waals surface area contributed by atoms with Crippen LogP contribution in [0.4, 0.5) is 10.1 Å². The molecule has 3 rings (SSSR count). The Kier molecular flexibility index (Phi) is 6.29. The second-order valence-corrected chi connectivity index (χ2v) is 6.77. The summed E-state index contributed by atoms with van der Waals surface area (Å²) in [5.74, 6) is -2.02. The van der Waals surface area contributed by atoms with Gasteiger partial charge in [-0.25, -0.2) is 13.9 Å². The van der Waals surface area contributed by atoms with Gasteiger partial charge in [-0.05, 0) is 31.5 Å². The number of carbonyl (C=O) groups is 2. The van der Waals surface area contributed by atoms with E-state index in [-0.39, 0.29) is 16.4 Å². The third-order valence-corrected chi connectivity index (χ3v) is 4.61. The van der Waals surface area contributed by atoms with E-state index < -0.39 is 23.8 Å². The van der Waals surface area contributed by atoms with Crippen LogP contribution in [-0.4, -0.2) is 27.8 Å². The van der Waals surface area contributed by atoms with E-state index in [1.807, 2.05) is 30.3 Å². The van der Waals surface area contributed by atoms with Crippen molar-refractivity contribution in [3.8, 4) is 0 Å². The van der Waals surface area contributed by atoms with Gasteiger partial charge in [0.05, 0.1) is 17.9 Å². The number of anilines is 1. The Labute approximate surface area is 172 Å². The molecule has 6 nitrogen and oxygen atoms in total. The first kappa shape index (κ1) is 20.5. The molecule has 0 radical (unpaired) electrons. The lowest BCUT2D eigenvalue weighted by Crippen LogP contribution is -2.30. The van der Waals surface area contributed by atoms with Crippen molar-refractivity contribution >= 4 is 29.2 Å². The molecule has 0 saturated heterocycles. The summed E-state index contributed by atoms with van der Waals surface area (Å²) in [6, 6.07) is 15.2. The Bertz CT molecular complexity index is 1040. The number of ether oxygens (including phenoxy) is 1. The highest BCUT2D eigenvalue weighted by Crippen LogP contribution is 2.23. The molecule has 1 N–H and O–H groups in total. The third-order valence-electron chi connectivity index (χ3n) is 4.23. The van der Waals surface area contributed by atoms with Crippen LogP contribution in [0.15, 0.2) is 54.6 Å². The highest BCUT2D eigenvalue weighted by atomic mass is 35.5. The minimum atomic E-state index is -1.16. The van der Waals surface area contributed by atoms with Gasteiger partial charge in [0.25, 0.3) is 5.91 Å². The molecule has 0 aliphatic carbocycles. The first-order valence-corrected chi connectivity index (χ1v) is 9.28. The molecule has 2 aromatic carbocycles. The summed E-state index contributed by atoms with van der Waals surface area (Å²) in [4.78, 5) is 24.8. The minimum Gasteiger partial charge on any atom is -0.449 e. The summed E-state index contributed by atoms with van der Waals surface area (Å²) in [6.45, 7) is 3.41. The number of halogens is 2. The zero-order valence-corrected chi connectivity index (χ0v) is 16.6. The summed E-state index contributed by atoms with van der Waals surface area (Å²) in [5, 5.41) is 6.80. The van der Waals surface area contributed by atoms with Crippen molar-refractivity contribution in [1.29, 1.82) is 0 Å². The van der Waals surface area contributed by atoms with Gasteiger partial charge in [-0.15, -0.1) is 0 Å². The fraction of sp³-hybridized carbons (Fsp3) is 0.190. The molecule has 0 bridgehead atoms.